The van der Waals surface area contributed by atoms with Gasteiger partial charge in [0.1, 0.15) is 11.4 Å². The lowest BCUT2D eigenvalue weighted by atomic mass is 10.2. The molecule has 5 nitrogen and oxygen atoms in total. The minimum absolute atomic E-state index is 0.0912. The highest BCUT2D eigenvalue weighted by molar-refractivity contribution is 6.30. The van der Waals surface area contributed by atoms with Crippen molar-refractivity contribution in [2.24, 2.45) is 0 Å². The van der Waals surface area contributed by atoms with Gasteiger partial charge in [0, 0.05) is 11.6 Å². The monoisotopic (exact) mass is 308 g/mol. The molecular formula is C15H17ClN2O3. The van der Waals surface area contributed by atoms with E-state index in [-0.39, 0.29) is 12.4 Å². The molecule has 1 aromatic carbocycles. The molecule has 1 aromatic heterocycles. The number of benzene rings is 1. The lowest BCUT2D eigenvalue weighted by molar-refractivity contribution is 0.0907. The molecule has 0 bridgehead atoms. The van der Waals surface area contributed by atoms with Crippen molar-refractivity contribution in [3.63, 3.8) is 0 Å². The van der Waals surface area contributed by atoms with E-state index in [1.165, 1.54) is 7.11 Å². The molecule has 0 saturated carbocycles. The highest BCUT2D eigenvalue weighted by Gasteiger charge is 2.19. The first-order valence-electron chi connectivity index (χ1n) is 6.67. The molecule has 112 valence electrons. The van der Waals surface area contributed by atoms with Gasteiger partial charge in [0.05, 0.1) is 13.3 Å². The number of methoxy groups -OCH3 is 1. The SMILES string of the molecule is CCCn1ncc(OC)c1C(=O)COc1cccc(Cl)c1. The summed E-state index contributed by atoms with van der Waals surface area (Å²) in [4.78, 5) is 12.3. The molecule has 0 aliphatic carbocycles. The van der Waals surface area contributed by atoms with Crippen LogP contribution in [0.4, 0.5) is 0 Å². The summed E-state index contributed by atoms with van der Waals surface area (Å²) in [6, 6.07) is 6.93. The standard InChI is InChI=1S/C15H17ClN2O3/c1-3-7-18-15(14(20-2)9-17-18)13(19)10-21-12-6-4-5-11(16)8-12/h4-6,8-9H,3,7,10H2,1-2H3. The minimum atomic E-state index is -0.183. The van der Waals surface area contributed by atoms with Crippen molar-refractivity contribution in [1.82, 2.24) is 9.78 Å². The summed E-state index contributed by atoms with van der Waals surface area (Å²) in [6.07, 6.45) is 2.42. The molecule has 0 aliphatic heterocycles. The van der Waals surface area contributed by atoms with Crippen molar-refractivity contribution in [3.05, 3.63) is 41.2 Å². The Morgan fingerprint density at radius 3 is 2.90 bits per heavy atom. The number of Topliss-reactive ketones (excluding diaryl/α,β-unsaturated/α-hetero) is 1. The Labute approximate surface area is 128 Å². The van der Waals surface area contributed by atoms with Gasteiger partial charge in [0.15, 0.2) is 12.4 Å². The van der Waals surface area contributed by atoms with E-state index in [4.69, 9.17) is 21.1 Å². The van der Waals surface area contributed by atoms with Crippen LogP contribution in [0.2, 0.25) is 5.02 Å². The van der Waals surface area contributed by atoms with Gasteiger partial charge in [-0.25, -0.2) is 0 Å². The first kappa shape index (κ1) is 15.4. The number of aryl methyl sites for hydroxylation is 1. The highest BCUT2D eigenvalue weighted by Crippen LogP contribution is 2.20. The number of nitrogens with zero attached hydrogens (tertiary/aromatic N) is 2. The number of ketones is 1. The molecule has 2 aromatic rings. The molecule has 6 heteroatoms. The number of halogens is 1. The van der Waals surface area contributed by atoms with Crippen molar-refractivity contribution >= 4 is 17.4 Å². The first-order chi connectivity index (χ1) is 10.2. The van der Waals surface area contributed by atoms with Crippen molar-refractivity contribution in [2.75, 3.05) is 13.7 Å². The van der Waals surface area contributed by atoms with Crippen LogP contribution in [0.5, 0.6) is 11.5 Å². The number of rotatable bonds is 7. The number of hydrogen-bond acceptors (Lipinski definition) is 4. The molecule has 0 aliphatic rings. The van der Waals surface area contributed by atoms with Gasteiger partial charge in [0.25, 0.3) is 0 Å². The smallest absolute Gasteiger partial charge is 0.221 e. The maximum Gasteiger partial charge on any atom is 0.221 e. The number of aromatic nitrogens is 2. The van der Waals surface area contributed by atoms with Gasteiger partial charge in [0.2, 0.25) is 5.78 Å². The lowest BCUT2D eigenvalue weighted by Crippen LogP contribution is -2.18. The summed E-state index contributed by atoms with van der Waals surface area (Å²) < 4.78 is 12.3. The summed E-state index contributed by atoms with van der Waals surface area (Å²) in [5.41, 5.74) is 0.432. The molecule has 0 saturated heterocycles. The molecule has 1 heterocycles. The Hall–Kier alpha value is -2.01. The molecular weight excluding hydrogens is 292 g/mol. The van der Waals surface area contributed by atoms with Gasteiger partial charge in [-0.1, -0.05) is 24.6 Å². The molecule has 0 spiro atoms. The predicted octanol–water partition coefficient (Wildman–Crippen LogP) is 3.22. The third-order valence-corrected chi connectivity index (χ3v) is 3.13. The Morgan fingerprint density at radius 1 is 1.43 bits per heavy atom. The fourth-order valence-electron chi connectivity index (χ4n) is 1.95. The van der Waals surface area contributed by atoms with Crippen molar-refractivity contribution in [1.29, 1.82) is 0 Å². The number of carbonyl (C=O) groups is 1. The molecule has 0 N–H and O–H groups in total. The summed E-state index contributed by atoms with van der Waals surface area (Å²) in [5.74, 6) is 0.831. The first-order valence-corrected chi connectivity index (χ1v) is 7.04. The Balaban J connectivity index is 2.11. The lowest BCUT2D eigenvalue weighted by Gasteiger charge is -2.09. The Bertz CT molecular complexity index is 625. The van der Waals surface area contributed by atoms with Gasteiger partial charge < -0.3 is 9.47 Å². The molecule has 0 unspecified atom stereocenters. The van der Waals surface area contributed by atoms with E-state index in [1.807, 2.05) is 6.92 Å². The zero-order valence-corrected chi connectivity index (χ0v) is 12.8. The van der Waals surface area contributed by atoms with E-state index in [9.17, 15) is 4.79 Å². The van der Waals surface area contributed by atoms with Crippen LogP contribution in [0.1, 0.15) is 23.8 Å². The van der Waals surface area contributed by atoms with Gasteiger partial charge in [-0.15, -0.1) is 0 Å². The predicted molar refractivity (Wildman–Crippen MR) is 80.3 cm³/mol. The normalized spacial score (nSPS) is 10.4. The number of carbonyl (C=O) groups excluding carboxylic acids is 1. The van der Waals surface area contributed by atoms with Crippen LogP contribution in [0, 0.1) is 0 Å². The van der Waals surface area contributed by atoms with E-state index in [0.29, 0.717) is 28.8 Å². The van der Waals surface area contributed by atoms with Crippen LogP contribution in [-0.4, -0.2) is 29.3 Å². The average Bonchev–Trinajstić information content (AvgIpc) is 2.88. The second-order valence-electron chi connectivity index (χ2n) is 4.45. The quantitative estimate of drug-likeness (QED) is 0.737. The highest BCUT2D eigenvalue weighted by atomic mass is 35.5. The third kappa shape index (κ3) is 3.76. The summed E-state index contributed by atoms with van der Waals surface area (Å²) >= 11 is 5.87. The van der Waals surface area contributed by atoms with Crippen molar-refractivity contribution < 1.29 is 14.3 Å². The Kier molecular flexibility index (Phi) is 5.22. The van der Waals surface area contributed by atoms with Crippen LogP contribution >= 0.6 is 11.6 Å². The van der Waals surface area contributed by atoms with E-state index in [2.05, 4.69) is 5.10 Å². The van der Waals surface area contributed by atoms with Gasteiger partial charge >= 0.3 is 0 Å². The van der Waals surface area contributed by atoms with Crippen LogP contribution < -0.4 is 9.47 Å². The minimum Gasteiger partial charge on any atom is -0.493 e. The maximum absolute atomic E-state index is 12.3. The maximum atomic E-state index is 12.3. The van der Waals surface area contributed by atoms with Crippen LogP contribution in [-0.2, 0) is 6.54 Å². The van der Waals surface area contributed by atoms with Crippen molar-refractivity contribution in [3.8, 4) is 11.5 Å². The zero-order valence-electron chi connectivity index (χ0n) is 12.0. The van der Waals surface area contributed by atoms with E-state index >= 15 is 0 Å². The molecule has 0 radical (unpaired) electrons. The van der Waals surface area contributed by atoms with E-state index in [0.717, 1.165) is 6.42 Å². The fourth-order valence-corrected chi connectivity index (χ4v) is 2.13. The second-order valence-corrected chi connectivity index (χ2v) is 4.89. The van der Waals surface area contributed by atoms with Crippen molar-refractivity contribution in [2.45, 2.75) is 19.9 Å². The molecule has 21 heavy (non-hydrogen) atoms. The van der Waals surface area contributed by atoms with Gasteiger partial charge in [-0.3, -0.25) is 9.48 Å². The summed E-state index contributed by atoms with van der Waals surface area (Å²) in [6.45, 7) is 2.58. The van der Waals surface area contributed by atoms with E-state index in [1.54, 1.807) is 35.1 Å². The van der Waals surface area contributed by atoms with Gasteiger partial charge in [-0.2, -0.15) is 5.10 Å². The molecule has 2 rings (SSSR count). The van der Waals surface area contributed by atoms with E-state index < -0.39 is 0 Å². The average molecular weight is 309 g/mol. The number of hydrogen-bond donors (Lipinski definition) is 0. The molecule has 0 atom stereocenters. The van der Waals surface area contributed by atoms with Gasteiger partial charge in [-0.05, 0) is 24.6 Å². The third-order valence-electron chi connectivity index (χ3n) is 2.89. The van der Waals surface area contributed by atoms with Crippen LogP contribution in [0.15, 0.2) is 30.5 Å². The largest absolute Gasteiger partial charge is 0.493 e. The summed E-state index contributed by atoms with van der Waals surface area (Å²) in [7, 11) is 1.52. The second kappa shape index (κ2) is 7.13. The van der Waals surface area contributed by atoms with Crippen LogP contribution in [0.25, 0.3) is 0 Å². The summed E-state index contributed by atoms with van der Waals surface area (Å²) in [5, 5.41) is 4.72. The van der Waals surface area contributed by atoms with Crippen LogP contribution in [0.3, 0.4) is 0 Å². The number of ether oxygens (including phenoxy) is 2. The molecule has 0 fully saturated rings. The Morgan fingerprint density at radius 2 is 2.24 bits per heavy atom. The molecule has 0 amide bonds. The topological polar surface area (TPSA) is 53.4 Å². The fraction of sp³-hybridized carbons (Fsp3) is 0.333. The zero-order chi connectivity index (χ0) is 15.2.